The SMILES string of the molecule is CCC(C)C(NC(=O)OC(C)(C)C)C(=O)N(C1CCC1)C(C(=O)NC(Cc1ccccc1)C(=O)OC(C)(C)C)c1cc(C)cc(C)c1. The van der Waals surface area contributed by atoms with Crippen molar-refractivity contribution in [2.24, 2.45) is 5.92 Å². The number of esters is 1. The average Bonchev–Trinajstić information content (AvgIpc) is 2.91. The number of nitrogens with one attached hydrogen (secondary N) is 2. The van der Waals surface area contributed by atoms with E-state index in [2.05, 4.69) is 10.6 Å². The van der Waals surface area contributed by atoms with Crippen molar-refractivity contribution in [3.63, 3.8) is 0 Å². The summed E-state index contributed by atoms with van der Waals surface area (Å²) in [5, 5.41) is 5.83. The van der Waals surface area contributed by atoms with Crippen LogP contribution in [-0.2, 0) is 30.3 Å². The molecule has 1 aliphatic rings. The van der Waals surface area contributed by atoms with Gasteiger partial charge < -0.3 is 25.0 Å². The van der Waals surface area contributed by atoms with Gasteiger partial charge in [-0.1, -0.05) is 79.9 Å². The molecule has 1 saturated carbocycles. The number of hydrogen-bond donors (Lipinski definition) is 2. The molecular formula is C38H55N3O6. The third-order valence-corrected chi connectivity index (χ3v) is 8.25. The number of nitrogens with zero attached hydrogens (tertiary/aromatic N) is 1. The van der Waals surface area contributed by atoms with E-state index in [9.17, 15) is 19.2 Å². The number of alkyl carbamates (subject to hydrolysis) is 1. The maximum Gasteiger partial charge on any atom is 0.408 e. The fourth-order valence-corrected chi connectivity index (χ4v) is 5.73. The Hall–Kier alpha value is -3.88. The van der Waals surface area contributed by atoms with E-state index in [0.29, 0.717) is 12.0 Å². The van der Waals surface area contributed by atoms with Gasteiger partial charge in [-0.05, 0) is 91.7 Å². The molecule has 0 spiro atoms. The lowest BCUT2D eigenvalue weighted by Gasteiger charge is -2.44. The van der Waals surface area contributed by atoms with Crippen LogP contribution in [0, 0.1) is 19.8 Å². The van der Waals surface area contributed by atoms with Crippen LogP contribution < -0.4 is 10.6 Å². The van der Waals surface area contributed by atoms with Crippen molar-refractivity contribution in [2.45, 2.75) is 137 Å². The molecule has 0 saturated heterocycles. The first-order valence-electron chi connectivity index (χ1n) is 16.9. The molecular weight excluding hydrogens is 594 g/mol. The Morgan fingerprint density at radius 3 is 1.94 bits per heavy atom. The molecule has 1 aliphatic carbocycles. The van der Waals surface area contributed by atoms with E-state index < -0.39 is 47.3 Å². The summed E-state index contributed by atoms with van der Waals surface area (Å²) in [7, 11) is 0. The molecule has 0 aliphatic heterocycles. The Bertz CT molecular complexity index is 1370. The minimum Gasteiger partial charge on any atom is -0.458 e. The number of carbonyl (C=O) groups is 4. The maximum atomic E-state index is 14.8. The molecule has 0 radical (unpaired) electrons. The van der Waals surface area contributed by atoms with Gasteiger partial charge in [-0.3, -0.25) is 9.59 Å². The van der Waals surface area contributed by atoms with Crippen LogP contribution in [0.5, 0.6) is 0 Å². The van der Waals surface area contributed by atoms with Crippen LogP contribution in [0.2, 0.25) is 0 Å². The van der Waals surface area contributed by atoms with E-state index >= 15 is 0 Å². The Balaban J connectivity index is 2.11. The summed E-state index contributed by atoms with van der Waals surface area (Å²) in [6.07, 6.45) is 2.50. The highest BCUT2D eigenvalue weighted by Crippen LogP contribution is 2.35. The topological polar surface area (TPSA) is 114 Å². The number of rotatable bonds is 12. The minimum absolute atomic E-state index is 0.216. The van der Waals surface area contributed by atoms with Gasteiger partial charge in [0, 0.05) is 12.5 Å². The molecule has 0 heterocycles. The van der Waals surface area contributed by atoms with Gasteiger partial charge >= 0.3 is 12.1 Å². The molecule has 3 rings (SSSR count). The van der Waals surface area contributed by atoms with Gasteiger partial charge in [0.2, 0.25) is 11.8 Å². The summed E-state index contributed by atoms with van der Waals surface area (Å²) < 4.78 is 11.3. The largest absolute Gasteiger partial charge is 0.458 e. The first kappa shape index (κ1) is 37.6. The number of amides is 3. The summed E-state index contributed by atoms with van der Waals surface area (Å²) in [4.78, 5) is 57.6. The van der Waals surface area contributed by atoms with Crippen LogP contribution in [0.1, 0.15) is 109 Å². The van der Waals surface area contributed by atoms with Gasteiger partial charge in [-0.2, -0.15) is 0 Å². The van der Waals surface area contributed by atoms with Crippen molar-refractivity contribution in [3.8, 4) is 0 Å². The maximum absolute atomic E-state index is 14.8. The number of benzene rings is 2. The van der Waals surface area contributed by atoms with Crippen molar-refractivity contribution < 1.29 is 28.7 Å². The van der Waals surface area contributed by atoms with Crippen molar-refractivity contribution in [1.29, 1.82) is 0 Å². The predicted molar refractivity (Wildman–Crippen MR) is 184 cm³/mol. The third kappa shape index (κ3) is 11.1. The molecule has 2 aromatic carbocycles. The molecule has 4 atom stereocenters. The minimum atomic E-state index is -1.06. The summed E-state index contributed by atoms with van der Waals surface area (Å²) in [5.74, 6) is -1.64. The molecule has 258 valence electrons. The van der Waals surface area contributed by atoms with Gasteiger partial charge in [0.15, 0.2) is 0 Å². The standard InChI is InChI=1S/C38H55N3O6/c1-11-26(4)31(40-36(45)47-38(8,9)10)34(43)41(29-18-15-19-29)32(28-21-24(2)20-25(3)22-28)33(42)39-30(35(44)46-37(5,6)7)23-27-16-13-12-14-17-27/h12-14,16-17,20-22,26,29-32H,11,15,18-19,23H2,1-10H3,(H,39,42)(H,40,45). The number of ether oxygens (including phenoxy) is 2. The molecule has 0 bridgehead atoms. The van der Waals surface area contributed by atoms with Crippen molar-refractivity contribution >= 4 is 23.9 Å². The summed E-state index contributed by atoms with van der Waals surface area (Å²) in [5.41, 5.74) is 1.86. The second kappa shape index (κ2) is 15.8. The molecule has 2 N–H and O–H groups in total. The first-order chi connectivity index (χ1) is 21.9. The monoisotopic (exact) mass is 649 g/mol. The van der Waals surface area contributed by atoms with Crippen molar-refractivity contribution in [1.82, 2.24) is 15.5 Å². The van der Waals surface area contributed by atoms with Gasteiger partial charge in [0.1, 0.15) is 29.3 Å². The zero-order chi connectivity index (χ0) is 35.1. The highest BCUT2D eigenvalue weighted by Gasteiger charge is 2.44. The van der Waals surface area contributed by atoms with Gasteiger partial charge in [0.25, 0.3) is 0 Å². The average molecular weight is 650 g/mol. The Morgan fingerprint density at radius 1 is 0.872 bits per heavy atom. The van der Waals surface area contributed by atoms with Crippen molar-refractivity contribution in [2.75, 3.05) is 0 Å². The highest BCUT2D eigenvalue weighted by atomic mass is 16.6. The van der Waals surface area contributed by atoms with E-state index in [-0.39, 0.29) is 24.3 Å². The number of hydrogen-bond acceptors (Lipinski definition) is 6. The molecule has 47 heavy (non-hydrogen) atoms. The van der Waals surface area contributed by atoms with Gasteiger partial charge in [-0.25, -0.2) is 9.59 Å². The Morgan fingerprint density at radius 2 is 1.45 bits per heavy atom. The van der Waals surface area contributed by atoms with Crippen LogP contribution in [0.15, 0.2) is 48.5 Å². The van der Waals surface area contributed by atoms with Crippen LogP contribution in [0.4, 0.5) is 4.79 Å². The quantitative estimate of drug-likeness (QED) is 0.247. The second-order valence-corrected chi connectivity index (χ2v) is 14.9. The summed E-state index contributed by atoms with van der Waals surface area (Å²) in [6, 6.07) is 12.1. The summed E-state index contributed by atoms with van der Waals surface area (Å²) in [6.45, 7) is 18.4. The van der Waals surface area contributed by atoms with E-state index in [1.54, 1.807) is 46.4 Å². The van der Waals surface area contributed by atoms with Gasteiger partial charge in [-0.15, -0.1) is 0 Å². The molecule has 9 nitrogen and oxygen atoms in total. The normalized spacial score (nSPS) is 16.1. The van der Waals surface area contributed by atoms with Gasteiger partial charge in [0.05, 0.1) is 0 Å². The smallest absolute Gasteiger partial charge is 0.408 e. The first-order valence-corrected chi connectivity index (χ1v) is 16.9. The highest BCUT2D eigenvalue weighted by molar-refractivity contribution is 5.94. The van der Waals surface area contributed by atoms with Crippen LogP contribution >= 0.6 is 0 Å². The van der Waals surface area contributed by atoms with Crippen molar-refractivity contribution in [3.05, 3.63) is 70.8 Å². The van der Waals surface area contributed by atoms with E-state index in [0.717, 1.165) is 36.0 Å². The lowest BCUT2D eigenvalue weighted by atomic mass is 9.86. The third-order valence-electron chi connectivity index (χ3n) is 8.25. The zero-order valence-electron chi connectivity index (χ0n) is 29.9. The lowest BCUT2D eigenvalue weighted by Crippen LogP contribution is -2.60. The van der Waals surface area contributed by atoms with E-state index in [1.807, 2.05) is 76.2 Å². The number of carbonyl (C=O) groups excluding carboxylic acids is 4. The van der Waals surface area contributed by atoms with E-state index in [4.69, 9.17) is 9.47 Å². The molecule has 3 amide bonds. The summed E-state index contributed by atoms with van der Waals surface area (Å²) >= 11 is 0. The predicted octanol–water partition coefficient (Wildman–Crippen LogP) is 6.73. The Kier molecular flexibility index (Phi) is 12.6. The molecule has 4 unspecified atom stereocenters. The van der Waals surface area contributed by atoms with Crippen LogP contribution in [-0.4, -0.2) is 58.1 Å². The molecule has 9 heteroatoms. The van der Waals surface area contributed by atoms with E-state index in [1.165, 1.54) is 0 Å². The van der Waals surface area contributed by atoms with Crippen LogP contribution in [0.25, 0.3) is 0 Å². The fourth-order valence-electron chi connectivity index (χ4n) is 5.73. The molecule has 1 fully saturated rings. The molecule has 0 aromatic heterocycles. The lowest BCUT2D eigenvalue weighted by molar-refractivity contribution is -0.159. The zero-order valence-corrected chi connectivity index (χ0v) is 29.9. The van der Waals surface area contributed by atoms with Crippen LogP contribution in [0.3, 0.4) is 0 Å². The Labute approximate surface area is 281 Å². The number of aryl methyl sites for hydroxylation is 2. The molecule has 2 aromatic rings. The fraction of sp³-hybridized carbons (Fsp3) is 0.579. The second-order valence-electron chi connectivity index (χ2n) is 14.9.